The Morgan fingerprint density at radius 1 is 1.21 bits per heavy atom. The third kappa shape index (κ3) is 3.01. The number of esters is 1. The molecule has 29 heavy (non-hydrogen) atoms. The van der Waals surface area contributed by atoms with Crippen LogP contribution in [0, 0.1) is 10.8 Å². The number of carbonyl (C=O) groups is 2. The first-order valence-corrected chi connectivity index (χ1v) is 10.1. The summed E-state index contributed by atoms with van der Waals surface area (Å²) < 4.78 is 18.4. The standard InChI is InChI=1S/C23H28O6/c1-15-10-11-21(2)16(12-15)28-18-13-17(22(21,3)23(18)14-27-23)29-20(26)9-7-5-4-6-8-19(24)25/h4-9,12,16-18H,10-11,13-14H2,1-3H3,(H,24,25)/b5-4+,8-6+,9-7-/t16-,17-,18-,21+,22-,23+/m1/s1. The largest absolute Gasteiger partial charge is 0.478 e. The molecular weight excluding hydrogens is 372 g/mol. The van der Waals surface area contributed by atoms with Crippen LogP contribution in [-0.2, 0) is 23.8 Å². The predicted molar refractivity (Wildman–Crippen MR) is 106 cm³/mol. The SMILES string of the molecule is CC1=C[C@H]2O[C@@H]3C[C@@H](OC(=O)\C=C/C=C/C=C/C(=O)O)[C@](C)([C@@]2(C)CC1)[C@]31CO1. The molecule has 0 radical (unpaired) electrons. The van der Waals surface area contributed by atoms with E-state index in [4.69, 9.17) is 19.3 Å². The molecule has 6 nitrogen and oxygen atoms in total. The van der Waals surface area contributed by atoms with E-state index in [0.717, 1.165) is 18.9 Å². The average molecular weight is 400 g/mol. The highest BCUT2D eigenvalue weighted by molar-refractivity contribution is 5.82. The van der Waals surface area contributed by atoms with Gasteiger partial charge in [-0.05, 0) is 19.8 Å². The molecule has 2 saturated heterocycles. The van der Waals surface area contributed by atoms with Crippen molar-refractivity contribution in [3.63, 3.8) is 0 Å². The number of carbonyl (C=O) groups excluding carboxylic acids is 1. The second kappa shape index (κ2) is 6.96. The van der Waals surface area contributed by atoms with Crippen LogP contribution in [0.2, 0.25) is 0 Å². The molecule has 4 aliphatic rings. The maximum atomic E-state index is 12.5. The average Bonchev–Trinajstić information content (AvgIpc) is 3.43. The number of rotatable bonds is 5. The Kier molecular flexibility index (Phi) is 4.82. The molecule has 0 unspecified atom stereocenters. The minimum Gasteiger partial charge on any atom is -0.478 e. The van der Waals surface area contributed by atoms with Crippen LogP contribution in [0.3, 0.4) is 0 Å². The van der Waals surface area contributed by atoms with Crippen molar-refractivity contribution in [3.05, 3.63) is 48.1 Å². The number of fused-ring (bicyclic) bond motifs is 2. The summed E-state index contributed by atoms with van der Waals surface area (Å²) in [7, 11) is 0. The molecule has 6 atom stereocenters. The molecule has 1 spiro atoms. The van der Waals surface area contributed by atoms with Gasteiger partial charge in [0.15, 0.2) is 0 Å². The number of aliphatic carboxylic acids is 1. The lowest BCUT2D eigenvalue weighted by atomic mass is 9.52. The second-order valence-electron chi connectivity index (χ2n) is 8.96. The third-order valence-corrected chi connectivity index (χ3v) is 7.59. The van der Waals surface area contributed by atoms with Crippen molar-refractivity contribution >= 4 is 11.9 Å². The smallest absolute Gasteiger partial charge is 0.331 e. The molecule has 3 fully saturated rings. The van der Waals surface area contributed by atoms with E-state index in [1.54, 1.807) is 18.2 Å². The zero-order valence-corrected chi connectivity index (χ0v) is 17.1. The van der Waals surface area contributed by atoms with Gasteiger partial charge in [-0.2, -0.15) is 0 Å². The van der Waals surface area contributed by atoms with Gasteiger partial charge in [0.25, 0.3) is 0 Å². The lowest BCUT2D eigenvalue weighted by Crippen LogP contribution is -2.63. The van der Waals surface area contributed by atoms with E-state index < -0.39 is 11.9 Å². The van der Waals surface area contributed by atoms with Crippen LogP contribution in [0.1, 0.15) is 40.0 Å². The van der Waals surface area contributed by atoms with E-state index in [1.807, 2.05) is 0 Å². The van der Waals surface area contributed by atoms with Gasteiger partial charge in [0.2, 0.25) is 0 Å². The van der Waals surface area contributed by atoms with Gasteiger partial charge in [-0.25, -0.2) is 9.59 Å². The van der Waals surface area contributed by atoms with Crippen LogP contribution in [0.5, 0.6) is 0 Å². The highest BCUT2D eigenvalue weighted by Crippen LogP contribution is 2.71. The Balaban J connectivity index is 1.51. The summed E-state index contributed by atoms with van der Waals surface area (Å²) in [5.41, 5.74) is 0.525. The molecule has 0 amide bonds. The van der Waals surface area contributed by atoms with Crippen molar-refractivity contribution in [2.75, 3.05) is 6.61 Å². The minimum absolute atomic E-state index is 0.0178. The molecule has 0 aromatic heterocycles. The first-order valence-electron chi connectivity index (χ1n) is 10.1. The fraction of sp³-hybridized carbons (Fsp3) is 0.565. The first kappa shape index (κ1) is 20.1. The Labute approximate surface area is 170 Å². The van der Waals surface area contributed by atoms with Crippen molar-refractivity contribution in [2.45, 2.75) is 63.9 Å². The maximum absolute atomic E-state index is 12.5. The second-order valence-corrected chi connectivity index (χ2v) is 8.96. The van der Waals surface area contributed by atoms with Crippen LogP contribution in [0.15, 0.2) is 48.1 Å². The Morgan fingerprint density at radius 3 is 2.55 bits per heavy atom. The van der Waals surface area contributed by atoms with E-state index in [9.17, 15) is 9.59 Å². The maximum Gasteiger partial charge on any atom is 0.331 e. The van der Waals surface area contributed by atoms with Crippen molar-refractivity contribution in [3.8, 4) is 0 Å². The summed E-state index contributed by atoms with van der Waals surface area (Å²) in [6.45, 7) is 7.26. The van der Waals surface area contributed by atoms with E-state index in [-0.39, 0.29) is 34.7 Å². The molecule has 1 saturated carbocycles. The van der Waals surface area contributed by atoms with E-state index in [1.165, 1.54) is 17.7 Å². The quantitative estimate of drug-likeness (QED) is 0.250. The number of allylic oxidation sites excluding steroid dienone is 5. The Bertz CT molecular complexity index is 832. The van der Waals surface area contributed by atoms with Crippen molar-refractivity contribution in [2.24, 2.45) is 10.8 Å². The van der Waals surface area contributed by atoms with Crippen molar-refractivity contribution < 1.29 is 28.9 Å². The number of hydrogen-bond donors (Lipinski definition) is 1. The molecule has 156 valence electrons. The van der Waals surface area contributed by atoms with Crippen LogP contribution < -0.4 is 0 Å². The number of carboxylic acid groups (broad SMARTS) is 1. The monoisotopic (exact) mass is 400 g/mol. The van der Waals surface area contributed by atoms with Gasteiger partial charge in [-0.15, -0.1) is 0 Å². The van der Waals surface area contributed by atoms with Gasteiger partial charge in [-0.3, -0.25) is 0 Å². The van der Waals surface area contributed by atoms with Crippen LogP contribution in [0.4, 0.5) is 0 Å². The zero-order valence-electron chi connectivity index (χ0n) is 17.1. The summed E-state index contributed by atoms with van der Waals surface area (Å²) in [6.07, 6.45) is 13.0. The fourth-order valence-electron chi connectivity index (χ4n) is 5.60. The number of carboxylic acids is 1. The van der Waals surface area contributed by atoms with Crippen molar-refractivity contribution in [1.29, 1.82) is 0 Å². The van der Waals surface area contributed by atoms with Gasteiger partial charge in [0, 0.05) is 29.4 Å². The summed E-state index contributed by atoms with van der Waals surface area (Å²) in [4.78, 5) is 22.9. The molecule has 2 heterocycles. The lowest BCUT2D eigenvalue weighted by Gasteiger charge is -2.57. The predicted octanol–water partition coefficient (Wildman–Crippen LogP) is 3.34. The van der Waals surface area contributed by atoms with Gasteiger partial charge in [0.05, 0.1) is 18.8 Å². The lowest BCUT2D eigenvalue weighted by molar-refractivity contribution is -0.209. The Morgan fingerprint density at radius 2 is 1.90 bits per heavy atom. The first-order chi connectivity index (χ1) is 13.7. The van der Waals surface area contributed by atoms with Crippen LogP contribution in [-0.4, -0.2) is 47.6 Å². The minimum atomic E-state index is -1.02. The molecule has 1 N–H and O–H groups in total. The fourth-order valence-corrected chi connectivity index (χ4v) is 5.60. The van der Waals surface area contributed by atoms with Crippen molar-refractivity contribution in [1.82, 2.24) is 0 Å². The Hall–Kier alpha value is -2.18. The topological polar surface area (TPSA) is 85.4 Å². The molecule has 4 rings (SSSR count). The normalized spacial score (nSPS) is 43.1. The zero-order chi connectivity index (χ0) is 20.9. The van der Waals surface area contributed by atoms with E-state index in [2.05, 4.69) is 26.8 Å². The van der Waals surface area contributed by atoms with E-state index >= 15 is 0 Å². The molecule has 0 aromatic rings. The van der Waals surface area contributed by atoms with Gasteiger partial charge >= 0.3 is 11.9 Å². The highest BCUT2D eigenvalue weighted by atomic mass is 16.6. The van der Waals surface area contributed by atoms with Gasteiger partial charge < -0.3 is 19.3 Å². The molecule has 2 aliphatic carbocycles. The third-order valence-electron chi connectivity index (χ3n) is 7.59. The summed E-state index contributed by atoms with van der Waals surface area (Å²) in [5, 5.41) is 8.54. The van der Waals surface area contributed by atoms with Gasteiger partial charge in [0.1, 0.15) is 11.7 Å². The van der Waals surface area contributed by atoms with Crippen LogP contribution >= 0.6 is 0 Å². The molecule has 6 heteroatoms. The summed E-state index contributed by atoms with van der Waals surface area (Å²) >= 11 is 0. The molecular formula is C23H28O6. The van der Waals surface area contributed by atoms with Crippen LogP contribution in [0.25, 0.3) is 0 Å². The molecule has 0 aromatic carbocycles. The number of epoxide rings is 1. The van der Waals surface area contributed by atoms with E-state index in [0.29, 0.717) is 13.0 Å². The molecule has 2 bridgehead atoms. The molecule has 2 aliphatic heterocycles. The van der Waals surface area contributed by atoms with Gasteiger partial charge in [-0.1, -0.05) is 49.8 Å². The number of hydrogen-bond acceptors (Lipinski definition) is 5. The highest BCUT2D eigenvalue weighted by Gasteiger charge is 2.81. The number of ether oxygens (including phenoxy) is 3. The summed E-state index contributed by atoms with van der Waals surface area (Å²) in [6, 6.07) is 0. The summed E-state index contributed by atoms with van der Waals surface area (Å²) in [5.74, 6) is -1.43.